The quantitative estimate of drug-likeness (QED) is 0.126. The maximum atomic E-state index is 5.13. The molecular weight excluding hydrogens is 705 g/mol. The van der Waals surface area contributed by atoms with E-state index in [9.17, 15) is 0 Å². The van der Waals surface area contributed by atoms with Crippen LogP contribution in [0.1, 0.15) is 0 Å². The molecule has 0 aliphatic carbocycles. The topological polar surface area (TPSA) is 35.6 Å². The van der Waals surface area contributed by atoms with Crippen LogP contribution in [-0.4, -0.2) is 27.2 Å². The lowest BCUT2D eigenvalue weighted by atomic mass is 10.1. The molecule has 0 atom stereocenters. The van der Waals surface area contributed by atoms with Crippen molar-refractivity contribution in [1.29, 1.82) is 0 Å². The fraction of sp³-hybridized carbons (Fsp3) is 0.0204. The largest absolute Gasteiger partial charge is 0.327 e. The molecule has 0 amide bonds. The lowest BCUT2D eigenvalue weighted by molar-refractivity contribution is 0.959. The van der Waals surface area contributed by atoms with Gasteiger partial charge >= 0.3 is 0 Å². The van der Waals surface area contributed by atoms with Crippen molar-refractivity contribution in [2.75, 3.05) is 0 Å². The Kier molecular flexibility index (Phi) is 7.24. The van der Waals surface area contributed by atoms with E-state index < -0.39 is 8.07 Å². The maximum absolute atomic E-state index is 5.13. The predicted molar refractivity (Wildman–Crippen MR) is 235 cm³/mol. The number of aryl methyl sites for hydroxylation is 1. The minimum absolute atomic E-state index is 0.963. The van der Waals surface area contributed by atoms with E-state index >= 15 is 0 Å². The summed E-state index contributed by atoms with van der Waals surface area (Å²) in [6.07, 6.45) is 1.92. The molecule has 0 bridgehead atoms. The first-order valence-corrected chi connectivity index (χ1v) is 21.5. The van der Waals surface area contributed by atoms with Crippen LogP contribution < -0.4 is 20.7 Å². The van der Waals surface area contributed by atoms with Crippen molar-refractivity contribution in [2.24, 2.45) is 7.05 Å². The number of imidazole rings is 1. The Balaban J connectivity index is 1.20. The van der Waals surface area contributed by atoms with Crippen molar-refractivity contribution in [2.45, 2.75) is 0 Å². The van der Waals surface area contributed by atoms with Crippen LogP contribution >= 0.6 is 11.3 Å². The van der Waals surface area contributed by atoms with Crippen LogP contribution in [0.3, 0.4) is 0 Å². The monoisotopic (exact) mass is 738 g/mol. The first-order chi connectivity index (χ1) is 27.2. The highest BCUT2D eigenvalue weighted by atomic mass is 32.1. The third kappa shape index (κ3) is 4.75. The molecule has 0 spiro atoms. The Morgan fingerprint density at radius 2 is 1.20 bits per heavy atom. The van der Waals surface area contributed by atoms with Gasteiger partial charge in [0, 0.05) is 55.4 Å². The van der Waals surface area contributed by atoms with Crippen molar-refractivity contribution in [3.8, 4) is 17.1 Å². The molecule has 11 rings (SSSR count). The van der Waals surface area contributed by atoms with Crippen LogP contribution in [0.15, 0.2) is 188 Å². The summed E-state index contributed by atoms with van der Waals surface area (Å²) in [4.78, 5) is 10.2. The lowest BCUT2D eigenvalue weighted by Gasteiger charge is -2.35. The summed E-state index contributed by atoms with van der Waals surface area (Å²) in [6, 6.07) is 66.8. The molecule has 0 saturated heterocycles. The minimum Gasteiger partial charge on any atom is -0.327 e. The molecule has 11 aromatic rings. The fourth-order valence-electron chi connectivity index (χ4n) is 8.92. The molecule has 6 heteroatoms. The van der Waals surface area contributed by atoms with Crippen LogP contribution in [-0.2, 0) is 7.05 Å². The van der Waals surface area contributed by atoms with Crippen LogP contribution in [0.25, 0.3) is 70.2 Å². The zero-order chi connectivity index (χ0) is 36.5. The van der Waals surface area contributed by atoms with Crippen molar-refractivity contribution in [3.63, 3.8) is 0 Å². The van der Waals surface area contributed by atoms with E-state index in [-0.39, 0.29) is 0 Å². The SMILES string of the molecule is Cn1c(-c2cccc([Si](c3ccccc3)(c3ccccc3)c3cccc(-n4c5ccc6c7ccccc7sc6c5c5cccnc54)c3)c2)nc2ccccc21. The second-order valence-corrected chi connectivity index (χ2v) is 19.1. The normalized spacial score (nSPS) is 12.1. The molecule has 4 aromatic heterocycles. The average molecular weight is 739 g/mol. The Hall–Kier alpha value is -6.60. The van der Waals surface area contributed by atoms with Crippen LogP contribution in [0.5, 0.6) is 0 Å². The Morgan fingerprint density at radius 1 is 0.527 bits per heavy atom. The van der Waals surface area contributed by atoms with Gasteiger partial charge in [0.25, 0.3) is 0 Å². The highest BCUT2D eigenvalue weighted by Crippen LogP contribution is 2.42. The third-order valence-corrected chi connectivity index (χ3v) is 17.3. The van der Waals surface area contributed by atoms with E-state index in [1.54, 1.807) is 0 Å². The standard InChI is InChI=1S/C49H34N4SSi/c1-52-43-26-10-9-25-42(43)51-48(52)33-15-12-21-37(31-33)55(35-17-4-2-5-18-35,36-19-6-3-7-20-36)38-22-13-16-34(32-38)53-44-29-28-40-39-23-8-11-27-45(39)54-47(40)46(44)41-24-14-30-50-49(41)53/h2-32H,1H3. The molecule has 4 nitrogen and oxygen atoms in total. The maximum Gasteiger partial charge on any atom is 0.179 e. The summed E-state index contributed by atoms with van der Waals surface area (Å²) in [5.74, 6) is 0.963. The third-order valence-electron chi connectivity index (χ3n) is 11.3. The number of aromatic nitrogens is 4. The first-order valence-electron chi connectivity index (χ1n) is 18.6. The number of hydrogen-bond donors (Lipinski definition) is 0. The van der Waals surface area contributed by atoms with Crippen LogP contribution in [0, 0.1) is 0 Å². The van der Waals surface area contributed by atoms with Gasteiger partial charge in [0.05, 0.1) is 16.6 Å². The van der Waals surface area contributed by atoms with Gasteiger partial charge in [0.15, 0.2) is 8.07 Å². The zero-order valence-electron chi connectivity index (χ0n) is 30.1. The molecule has 0 unspecified atom stereocenters. The van der Waals surface area contributed by atoms with Gasteiger partial charge in [-0.2, -0.15) is 0 Å². The van der Waals surface area contributed by atoms with Crippen molar-refractivity contribution < 1.29 is 0 Å². The van der Waals surface area contributed by atoms with Gasteiger partial charge in [0.2, 0.25) is 0 Å². The number of rotatable bonds is 6. The van der Waals surface area contributed by atoms with Gasteiger partial charge in [-0.1, -0.05) is 133 Å². The van der Waals surface area contributed by atoms with Crippen molar-refractivity contribution in [1.82, 2.24) is 19.1 Å². The molecule has 260 valence electrons. The van der Waals surface area contributed by atoms with Gasteiger partial charge in [-0.3, -0.25) is 4.57 Å². The number of hydrogen-bond acceptors (Lipinski definition) is 3. The zero-order valence-corrected chi connectivity index (χ0v) is 31.9. The Labute approximate surface area is 323 Å². The fourth-order valence-corrected chi connectivity index (χ4v) is 15.0. The molecule has 0 N–H and O–H groups in total. The van der Waals surface area contributed by atoms with Gasteiger partial charge in [-0.05, 0) is 69.3 Å². The molecular formula is C49H34N4SSi. The van der Waals surface area contributed by atoms with Crippen LogP contribution in [0.4, 0.5) is 0 Å². The summed E-state index contributed by atoms with van der Waals surface area (Å²) in [5.41, 5.74) is 6.47. The second kappa shape index (κ2) is 12.5. The number of fused-ring (bicyclic) bond motifs is 8. The predicted octanol–water partition coefficient (Wildman–Crippen LogP) is 9.48. The highest BCUT2D eigenvalue weighted by Gasteiger charge is 2.42. The van der Waals surface area contributed by atoms with E-state index in [0.29, 0.717) is 0 Å². The molecule has 0 aliphatic heterocycles. The van der Waals surface area contributed by atoms with Crippen molar-refractivity contribution in [3.05, 3.63) is 188 Å². The molecule has 7 aromatic carbocycles. The van der Waals surface area contributed by atoms with Gasteiger partial charge in [0.1, 0.15) is 11.5 Å². The second-order valence-electron chi connectivity index (χ2n) is 14.2. The van der Waals surface area contributed by atoms with Crippen LogP contribution in [0.2, 0.25) is 0 Å². The average Bonchev–Trinajstić information content (AvgIpc) is 3.91. The number of para-hydroxylation sites is 2. The summed E-state index contributed by atoms with van der Waals surface area (Å²) in [7, 11) is -0.817. The summed E-state index contributed by atoms with van der Waals surface area (Å²) < 4.78 is 7.21. The molecule has 0 radical (unpaired) electrons. The first kappa shape index (κ1) is 31.9. The van der Waals surface area contributed by atoms with Crippen molar-refractivity contribution >= 4 is 93.3 Å². The Morgan fingerprint density at radius 3 is 2.00 bits per heavy atom. The Bertz CT molecular complexity index is 3190. The van der Waals surface area contributed by atoms with E-state index in [1.807, 2.05) is 17.5 Å². The number of benzene rings is 7. The number of nitrogens with zero attached hydrogens (tertiary/aromatic N) is 4. The van der Waals surface area contributed by atoms with Gasteiger partial charge in [-0.15, -0.1) is 11.3 Å². The number of thiophene rings is 1. The smallest absolute Gasteiger partial charge is 0.179 e. The highest BCUT2D eigenvalue weighted by molar-refractivity contribution is 7.26. The minimum atomic E-state index is -2.93. The number of pyridine rings is 1. The molecule has 0 saturated carbocycles. The van der Waals surface area contributed by atoms with E-state index in [1.165, 1.54) is 57.2 Å². The lowest BCUT2D eigenvalue weighted by Crippen LogP contribution is -2.74. The van der Waals surface area contributed by atoms with Gasteiger partial charge in [-0.25, -0.2) is 9.97 Å². The van der Waals surface area contributed by atoms with E-state index in [2.05, 4.69) is 198 Å². The summed E-state index contributed by atoms with van der Waals surface area (Å²) >= 11 is 1.87. The van der Waals surface area contributed by atoms with E-state index in [0.717, 1.165) is 33.8 Å². The molecule has 0 aliphatic rings. The summed E-state index contributed by atoms with van der Waals surface area (Å²) in [6.45, 7) is 0. The molecule has 4 heterocycles. The molecule has 0 fully saturated rings. The van der Waals surface area contributed by atoms with Gasteiger partial charge < -0.3 is 4.57 Å². The summed E-state index contributed by atoms with van der Waals surface area (Å²) in [5, 5.41) is 10.3. The molecule has 55 heavy (non-hydrogen) atoms. The van der Waals surface area contributed by atoms with E-state index in [4.69, 9.17) is 9.97 Å².